The largest absolute Gasteiger partial charge is 0.445 e. The molecule has 0 radical (unpaired) electrons. The standard InChI is InChI=1S/C29H36N4O7/c34-25(16-19-32-29(38)40-27(36)24-15-9-18-30-24)23(33-26(35)22-12-5-2-6-13-22)14-7-8-17-31-28(37)39-20-21-10-3-1-4-11-21/h1-6,10-13,23-24,30H,7-9,14-20H2,(H,31,37)(H,32,38)(H,33,35)/t23?,24-/m0/s1. The summed E-state index contributed by atoms with van der Waals surface area (Å²) in [6.07, 6.45) is 1.38. The third kappa shape index (κ3) is 10.9. The quantitative estimate of drug-likeness (QED) is 0.159. The molecule has 1 heterocycles. The predicted molar refractivity (Wildman–Crippen MR) is 146 cm³/mol. The van der Waals surface area contributed by atoms with Gasteiger partial charge in [0.25, 0.3) is 5.91 Å². The number of nitrogens with one attached hydrogen (secondary N) is 4. The summed E-state index contributed by atoms with van der Waals surface area (Å²) in [6.45, 7) is 1.16. The van der Waals surface area contributed by atoms with E-state index in [4.69, 9.17) is 9.47 Å². The van der Waals surface area contributed by atoms with E-state index in [-0.39, 0.29) is 31.3 Å². The first-order valence-electron chi connectivity index (χ1n) is 13.5. The number of hydrogen-bond donors (Lipinski definition) is 4. The van der Waals surface area contributed by atoms with Gasteiger partial charge in [-0.25, -0.2) is 14.4 Å². The van der Waals surface area contributed by atoms with Crippen LogP contribution >= 0.6 is 0 Å². The summed E-state index contributed by atoms with van der Waals surface area (Å²) < 4.78 is 9.96. The van der Waals surface area contributed by atoms with Crippen LogP contribution in [0.25, 0.3) is 0 Å². The molecule has 0 saturated carbocycles. The molecule has 1 aliphatic rings. The van der Waals surface area contributed by atoms with E-state index in [0.29, 0.717) is 44.3 Å². The monoisotopic (exact) mass is 552 g/mol. The van der Waals surface area contributed by atoms with Crippen LogP contribution in [0.4, 0.5) is 9.59 Å². The summed E-state index contributed by atoms with van der Waals surface area (Å²) in [5, 5.41) is 10.8. The van der Waals surface area contributed by atoms with Crippen molar-refractivity contribution < 1.29 is 33.4 Å². The van der Waals surface area contributed by atoms with Crippen molar-refractivity contribution in [3.8, 4) is 0 Å². The molecule has 3 amide bonds. The maximum absolute atomic E-state index is 12.9. The molecule has 0 aromatic heterocycles. The molecule has 0 aliphatic carbocycles. The second kappa shape index (κ2) is 16.7. The molecule has 11 nitrogen and oxygen atoms in total. The number of carbonyl (C=O) groups excluding carboxylic acids is 5. The predicted octanol–water partition coefficient (Wildman–Crippen LogP) is 2.85. The van der Waals surface area contributed by atoms with Gasteiger partial charge in [0.2, 0.25) is 0 Å². The molecule has 2 atom stereocenters. The van der Waals surface area contributed by atoms with Crippen LogP contribution in [0.15, 0.2) is 60.7 Å². The molecule has 1 fully saturated rings. The third-order valence-corrected chi connectivity index (χ3v) is 6.31. The molecule has 40 heavy (non-hydrogen) atoms. The molecular formula is C29H36N4O7. The smallest absolute Gasteiger partial charge is 0.414 e. The van der Waals surface area contributed by atoms with E-state index in [2.05, 4.69) is 21.3 Å². The minimum atomic E-state index is -0.915. The number of unbranched alkanes of at least 4 members (excludes halogenated alkanes) is 1. The highest BCUT2D eigenvalue weighted by molar-refractivity contribution is 5.98. The highest BCUT2D eigenvalue weighted by Gasteiger charge is 2.26. The molecule has 11 heteroatoms. The first kappa shape index (κ1) is 30.3. The molecule has 3 rings (SSSR count). The van der Waals surface area contributed by atoms with Gasteiger partial charge in [0.1, 0.15) is 12.6 Å². The minimum absolute atomic E-state index is 0.0461. The average Bonchev–Trinajstić information content (AvgIpc) is 3.51. The lowest BCUT2D eigenvalue weighted by Gasteiger charge is -2.18. The lowest BCUT2D eigenvalue weighted by molar-refractivity contribution is -0.139. The number of rotatable bonds is 14. The number of ketones is 1. The molecule has 2 aromatic carbocycles. The van der Waals surface area contributed by atoms with Gasteiger partial charge in [0, 0.05) is 25.1 Å². The number of hydrogen-bond acceptors (Lipinski definition) is 8. The fourth-order valence-electron chi connectivity index (χ4n) is 4.13. The summed E-state index contributed by atoms with van der Waals surface area (Å²) in [7, 11) is 0. The Labute approximate surface area is 233 Å². The Morgan fingerprint density at radius 3 is 2.27 bits per heavy atom. The molecule has 0 bridgehead atoms. The highest BCUT2D eigenvalue weighted by Crippen LogP contribution is 2.09. The van der Waals surface area contributed by atoms with E-state index in [1.807, 2.05) is 30.3 Å². The first-order valence-corrected chi connectivity index (χ1v) is 13.5. The Kier molecular flexibility index (Phi) is 12.6. The Balaban J connectivity index is 1.41. The molecule has 0 spiro atoms. The van der Waals surface area contributed by atoms with Crippen LogP contribution in [-0.2, 0) is 25.7 Å². The van der Waals surface area contributed by atoms with Gasteiger partial charge in [-0.1, -0.05) is 48.5 Å². The van der Waals surface area contributed by atoms with E-state index >= 15 is 0 Å². The van der Waals surface area contributed by atoms with E-state index in [0.717, 1.165) is 12.0 Å². The number of benzene rings is 2. The summed E-state index contributed by atoms with van der Waals surface area (Å²) in [6, 6.07) is 16.6. The third-order valence-electron chi connectivity index (χ3n) is 6.31. The normalized spacial score (nSPS) is 14.9. The van der Waals surface area contributed by atoms with Crippen molar-refractivity contribution in [2.24, 2.45) is 0 Å². The van der Waals surface area contributed by atoms with Gasteiger partial charge in [-0.2, -0.15) is 0 Å². The van der Waals surface area contributed by atoms with Gasteiger partial charge in [0.15, 0.2) is 5.78 Å². The SMILES string of the molecule is O=C(NCCCCC(NC(=O)c1ccccc1)C(=O)CCNC(=O)OC(=O)[C@@H]1CCCN1)OCc1ccccc1. The Bertz CT molecular complexity index is 1120. The zero-order valence-corrected chi connectivity index (χ0v) is 22.4. The van der Waals surface area contributed by atoms with Crippen LogP contribution in [0.1, 0.15) is 54.4 Å². The molecular weight excluding hydrogens is 516 g/mol. The number of Topliss-reactive ketones (excluding diaryl/α,β-unsaturated/α-hetero) is 1. The number of ether oxygens (including phenoxy) is 2. The number of alkyl carbamates (subject to hydrolysis) is 2. The van der Waals surface area contributed by atoms with Crippen LogP contribution in [0, 0.1) is 0 Å². The summed E-state index contributed by atoms with van der Waals surface area (Å²) in [5.74, 6) is -1.31. The number of esters is 1. The molecule has 1 aliphatic heterocycles. The van der Waals surface area contributed by atoms with Crippen molar-refractivity contribution in [2.45, 2.75) is 57.2 Å². The van der Waals surface area contributed by atoms with Crippen LogP contribution < -0.4 is 21.3 Å². The summed E-state index contributed by atoms with van der Waals surface area (Å²) in [5.41, 5.74) is 1.30. The Morgan fingerprint density at radius 1 is 0.875 bits per heavy atom. The van der Waals surface area contributed by atoms with Crippen LogP contribution in [-0.4, -0.2) is 61.6 Å². The first-order chi connectivity index (χ1) is 19.4. The Hall–Kier alpha value is -4.25. The zero-order valence-electron chi connectivity index (χ0n) is 22.4. The van der Waals surface area contributed by atoms with Gasteiger partial charge < -0.3 is 30.7 Å². The maximum Gasteiger partial charge on any atom is 0.414 e. The molecule has 2 aromatic rings. The van der Waals surface area contributed by atoms with E-state index in [1.165, 1.54) is 0 Å². The van der Waals surface area contributed by atoms with Crippen molar-refractivity contribution in [1.29, 1.82) is 0 Å². The minimum Gasteiger partial charge on any atom is -0.445 e. The van der Waals surface area contributed by atoms with Crippen LogP contribution in [0.2, 0.25) is 0 Å². The summed E-state index contributed by atoms with van der Waals surface area (Å²) in [4.78, 5) is 61.4. The van der Waals surface area contributed by atoms with E-state index < -0.39 is 30.2 Å². The number of carbonyl (C=O) groups is 5. The van der Waals surface area contributed by atoms with Gasteiger partial charge in [0.05, 0.1) is 6.04 Å². The van der Waals surface area contributed by atoms with Gasteiger partial charge in [-0.05, 0) is 56.3 Å². The van der Waals surface area contributed by atoms with Crippen LogP contribution in [0.5, 0.6) is 0 Å². The molecule has 1 unspecified atom stereocenters. The Morgan fingerprint density at radius 2 is 1.57 bits per heavy atom. The fourth-order valence-corrected chi connectivity index (χ4v) is 4.13. The molecule has 4 N–H and O–H groups in total. The maximum atomic E-state index is 12.9. The lowest BCUT2D eigenvalue weighted by atomic mass is 10.0. The second-order valence-corrected chi connectivity index (χ2v) is 9.38. The molecule has 214 valence electrons. The van der Waals surface area contributed by atoms with Gasteiger partial charge in [-0.15, -0.1) is 0 Å². The van der Waals surface area contributed by atoms with E-state index in [9.17, 15) is 24.0 Å². The van der Waals surface area contributed by atoms with Crippen molar-refractivity contribution in [2.75, 3.05) is 19.6 Å². The van der Waals surface area contributed by atoms with Crippen molar-refractivity contribution in [3.63, 3.8) is 0 Å². The second-order valence-electron chi connectivity index (χ2n) is 9.38. The average molecular weight is 553 g/mol. The van der Waals surface area contributed by atoms with Crippen molar-refractivity contribution >= 4 is 29.8 Å². The van der Waals surface area contributed by atoms with Gasteiger partial charge >= 0.3 is 18.2 Å². The fraction of sp³-hybridized carbons (Fsp3) is 0.414. The number of amides is 3. The van der Waals surface area contributed by atoms with Gasteiger partial charge in [-0.3, -0.25) is 9.59 Å². The van der Waals surface area contributed by atoms with Crippen LogP contribution in [0.3, 0.4) is 0 Å². The highest BCUT2D eigenvalue weighted by atomic mass is 16.6. The lowest BCUT2D eigenvalue weighted by Crippen LogP contribution is -2.42. The van der Waals surface area contributed by atoms with Crippen molar-refractivity contribution in [1.82, 2.24) is 21.3 Å². The van der Waals surface area contributed by atoms with Crippen molar-refractivity contribution in [3.05, 3.63) is 71.8 Å². The summed E-state index contributed by atoms with van der Waals surface area (Å²) >= 11 is 0. The molecule has 1 saturated heterocycles. The zero-order chi connectivity index (χ0) is 28.6. The van der Waals surface area contributed by atoms with E-state index in [1.54, 1.807) is 30.3 Å². The topological polar surface area (TPSA) is 152 Å².